The minimum absolute atomic E-state index is 0.0672. The highest BCUT2D eigenvalue weighted by Crippen LogP contribution is 2.28. The molecule has 0 atom stereocenters. The third kappa shape index (κ3) is 6.24. The molecular weight excluding hydrogens is 570 g/mol. The number of anilines is 1. The van der Waals surface area contributed by atoms with Gasteiger partial charge in [0.1, 0.15) is 29.8 Å². The summed E-state index contributed by atoms with van der Waals surface area (Å²) in [6.07, 6.45) is 4.22. The molecule has 12 nitrogen and oxygen atoms in total. The zero-order valence-electron chi connectivity index (χ0n) is 23.3. The Morgan fingerprint density at radius 3 is 2.28 bits per heavy atom. The molecule has 3 N–H and O–H groups in total. The lowest BCUT2D eigenvalue weighted by molar-refractivity contribution is -0.118. The van der Waals surface area contributed by atoms with Crippen LogP contribution in [0.5, 0.6) is 0 Å². The summed E-state index contributed by atoms with van der Waals surface area (Å²) in [7, 11) is -1.65. The lowest BCUT2D eigenvalue weighted by Gasteiger charge is -2.22. The average Bonchev–Trinajstić information content (AvgIpc) is 3.64. The molecule has 218 valence electrons. The van der Waals surface area contributed by atoms with E-state index in [9.17, 15) is 23.3 Å². The van der Waals surface area contributed by atoms with Gasteiger partial charge in [-0.1, -0.05) is 36.4 Å². The van der Waals surface area contributed by atoms with E-state index in [-0.39, 0.29) is 36.0 Å². The summed E-state index contributed by atoms with van der Waals surface area (Å²) in [6.45, 7) is -0.0472. The van der Waals surface area contributed by atoms with Gasteiger partial charge in [0.05, 0.1) is 29.4 Å². The van der Waals surface area contributed by atoms with Gasteiger partial charge >= 0.3 is 0 Å². The molecule has 3 aromatic heterocycles. The molecule has 13 heteroatoms. The van der Waals surface area contributed by atoms with Crippen molar-refractivity contribution < 1.29 is 22.4 Å². The van der Waals surface area contributed by atoms with E-state index in [0.29, 0.717) is 16.9 Å². The van der Waals surface area contributed by atoms with Gasteiger partial charge in [0.25, 0.3) is 5.91 Å². The summed E-state index contributed by atoms with van der Waals surface area (Å²) >= 11 is 0. The van der Waals surface area contributed by atoms with E-state index in [1.165, 1.54) is 11.2 Å². The number of carbonyl (C=O) groups excluding carboxylic acids is 2. The van der Waals surface area contributed by atoms with Crippen molar-refractivity contribution in [1.82, 2.24) is 19.4 Å². The number of hydrogen-bond acceptors (Lipinski definition) is 9. The Bertz CT molecular complexity index is 1960. The van der Waals surface area contributed by atoms with Crippen LogP contribution >= 0.6 is 0 Å². The lowest BCUT2D eigenvalue weighted by atomic mass is 10.0. The Morgan fingerprint density at radius 2 is 1.72 bits per heavy atom. The van der Waals surface area contributed by atoms with Crippen molar-refractivity contribution in [2.75, 3.05) is 25.2 Å². The van der Waals surface area contributed by atoms with Crippen LogP contribution in [0.3, 0.4) is 0 Å². The Balaban J connectivity index is 1.49. The number of nitrogens with zero attached hydrogens (tertiary/aromatic N) is 5. The highest BCUT2D eigenvalue weighted by atomic mass is 32.2. The molecular formula is C30H27N7O5S. The van der Waals surface area contributed by atoms with Gasteiger partial charge in [-0.05, 0) is 41.0 Å². The second kappa shape index (κ2) is 11.8. The molecule has 5 aromatic rings. The fourth-order valence-corrected chi connectivity index (χ4v) is 5.37. The molecule has 2 amide bonds. The third-order valence-corrected chi connectivity index (χ3v) is 7.94. The summed E-state index contributed by atoms with van der Waals surface area (Å²) in [5.41, 5.74) is 9.32. The topological polar surface area (TPSA) is 177 Å². The molecule has 0 radical (unpaired) electrons. The fourth-order valence-electron chi connectivity index (χ4n) is 4.74. The SMILES string of the molecule is CNc1nc(C#N)nc2c1cc(C(=O)N(CC(N)=O)Cc1ccc(-c3ccc(S(C)(=O)=O)cc3)cc1)n2Cc1ccoc1. The van der Waals surface area contributed by atoms with Gasteiger partial charge in [-0.15, -0.1) is 0 Å². The number of fused-ring (bicyclic) bond motifs is 1. The van der Waals surface area contributed by atoms with Gasteiger partial charge in [0.2, 0.25) is 11.7 Å². The normalized spacial score (nSPS) is 11.3. The van der Waals surface area contributed by atoms with Crippen LogP contribution in [0.4, 0.5) is 5.82 Å². The van der Waals surface area contributed by atoms with E-state index < -0.39 is 21.7 Å². The maximum atomic E-state index is 14.1. The predicted octanol–water partition coefficient (Wildman–Crippen LogP) is 3.18. The quantitative estimate of drug-likeness (QED) is 0.245. The lowest BCUT2D eigenvalue weighted by Crippen LogP contribution is -2.38. The van der Waals surface area contributed by atoms with E-state index >= 15 is 0 Å². The number of aromatic nitrogens is 3. The fraction of sp³-hybridized carbons (Fsp3) is 0.167. The van der Waals surface area contributed by atoms with Crippen molar-refractivity contribution in [3.63, 3.8) is 0 Å². The molecule has 0 saturated heterocycles. The van der Waals surface area contributed by atoms with Gasteiger partial charge in [0.15, 0.2) is 9.84 Å². The first-order chi connectivity index (χ1) is 20.6. The van der Waals surface area contributed by atoms with Gasteiger partial charge in [-0.2, -0.15) is 5.26 Å². The molecule has 0 aliphatic heterocycles. The van der Waals surface area contributed by atoms with Crippen molar-refractivity contribution in [2.24, 2.45) is 5.73 Å². The smallest absolute Gasteiger partial charge is 0.271 e. The highest BCUT2D eigenvalue weighted by molar-refractivity contribution is 7.90. The number of primary amides is 1. The number of nitrogens with two attached hydrogens (primary N) is 1. The van der Waals surface area contributed by atoms with Crippen LogP contribution in [-0.2, 0) is 27.7 Å². The second-order valence-electron chi connectivity index (χ2n) is 9.86. The molecule has 0 bridgehead atoms. The number of nitrogens with one attached hydrogen (secondary N) is 1. The monoisotopic (exact) mass is 597 g/mol. The van der Waals surface area contributed by atoms with Crippen LogP contribution in [-0.4, -0.2) is 59.5 Å². The number of hydrogen-bond donors (Lipinski definition) is 2. The molecule has 0 aliphatic rings. The van der Waals surface area contributed by atoms with E-state index in [1.807, 2.05) is 30.3 Å². The summed E-state index contributed by atoms with van der Waals surface area (Å²) in [6, 6.07) is 19.3. The van der Waals surface area contributed by atoms with Crippen LogP contribution in [0, 0.1) is 11.3 Å². The van der Waals surface area contributed by atoms with Gasteiger partial charge in [-0.3, -0.25) is 9.59 Å². The average molecular weight is 598 g/mol. The van der Waals surface area contributed by atoms with Crippen LogP contribution in [0.15, 0.2) is 82.5 Å². The number of amides is 2. The van der Waals surface area contributed by atoms with Crippen molar-refractivity contribution in [3.8, 4) is 17.2 Å². The maximum absolute atomic E-state index is 14.1. The van der Waals surface area contributed by atoms with Crippen LogP contribution in [0.2, 0.25) is 0 Å². The van der Waals surface area contributed by atoms with E-state index in [1.54, 1.807) is 54.3 Å². The third-order valence-electron chi connectivity index (χ3n) is 6.81. The predicted molar refractivity (Wildman–Crippen MR) is 159 cm³/mol. The van der Waals surface area contributed by atoms with E-state index in [0.717, 1.165) is 28.5 Å². The minimum atomic E-state index is -3.30. The number of furan rings is 1. The molecule has 0 aliphatic carbocycles. The number of benzene rings is 2. The number of nitriles is 1. The standard InChI is InChI=1S/C30H27N7O5S/c1-33-28-24-13-25(37(16-20-11-12-42-18-20)29(24)35-27(14-31)34-28)30(39)36(17-26(32)38)15-19-3-5-21(6-4-19)22-7-9-23(10-8-22)43(2,40)41/h3-13,18H,15-17H2,1-2H3,(H2,32,38)(H,33,34,35). The molecule has 2 aromatic carbocycles. The van der Waals surface area contributed by atoms with E-state index in [2.05, 4.69) is 15.3 Å². The van der Waals surface area contributed by atoms with Crippen LogP contribution in [0.1, 0.15) is 27.4 Å². The summed E-state index contributed by atoms with van der Waals surface area (Å²) < 4.78 is 30.4. The van der Waals surface area contributed by atoms with Crippen LogP contribution < -0.4 is 11.1 Å². The molecule has 3 heterocycles. The first kappa shape index (κ1) is 29.0. The van der Waals surface area contributed by atoms with Gasteiger partial charge in [-0.25, -0.2) is 18.4 Å². The minimum Gasteiger partial charge on any atom is -0.472 e. The van der Waals surface area contributed by atoms with Crippen LogP contribution in [0.25, 0.3) is 22.2 Å². The molecule has 43 heavy (non-hydrogen) atoms. The Labute approximate surface area is 247 Å². The maximum Gasteiger partial charge on any atom is 0.271 e. The first-order valence-corrected chi connectivity index (χ1v) is 14.9. The molecule has 5 rings (SSSR count). The number of sulfone groups is 1. The number of rotatable bonds is 10. The molecule has 0 saturated carbocycles. The zero-order chi connectivity index (χ0) is 30.7. The van der Waals surface area contributed by atoms with Gasteiger partial charge < -0.3 is 24.9 Å². The molecule has 0 unspecified atom stereocenters. The van der Waals surface area contributed by atoms with Gasteiger partial charge in [0, 0.05) is 25.4 Å². The summed E-state index contributed by atoms with van der Waals surface area (Å²) in [5, 5.41) is 13.0. The first-order valence-electron chi connectivity index (χ1n) is 13.0. The molecule has 0 fully saturated rings. The zero-order valence-corrected chi connectivity index (χ0v) is 24.1. The highest BCUT2D eigenvalue weighted by Gasteiger charge is 2.26. The van der Waals surface area contributed by atoms with Crippen molar-refractivity contribution >= 4 is 38.5 Å². The van der Waals surface area contributed by atoms with E-state index in [4.69, 9.17) is 10.2 Å². The molecule has 0 spiro atoms. The summed E-state index contributed by atoms with van der Waals surface area (Å²) in [4.78, 5) is 36.3. The second-order valence-corrected chi connectivity index (χ2v) is 11.9. The number of carbonyl (C=O) groups is 2. The summed E-state index contributed by atoms with van der Waals surface area (Å²) in [5.74, 6) is -0.845. The Morgan fingerprint density at radius 1 is 1.05 bits per heavy atom. The largest absolute Gasteiger partial charge is 0.472 e. The Hall–Kier alpha value is -5.48. The van der Waals surface area contributed by atoms with Crippen molar-refractivity contribution in [2.45, 2.75) is 18.0 Å². The Kier molecular flexibility index (Phi) is 7.96. The van der Waals surface area contributed by atoms with Crippen molar-refractivity contribution in [1.29, 1.82) is 5.26 Å². The van der Waals surface area contributed by atoms with Crippen molar-refractivity contribution in [3.05, 3.63) is 95.8 Å².